The highest BCUT2D eigenvalue weighted by Crippen LogP contribution is 2.16. The highest BCUT2D eigenvalue weighted by Gasteiger charge is 2.10. The van der Waals surface area contributed by atoms with Gasteiger partial charge in [0.05, 0.1) is 17.4 Å². The van der Waals surface area contributed by atoms with E-state index in [2.05, 4.69) is 10.3 Å². The lowest BCUT2D eigenvalue weighted by molar-refractivity contribution is -0.121. The predicted molar refractivity (Wildman–Crippen MR) is 98.8 cm³/mol. The van der Waals surface area contributed by atoms with E-state index in [1.54, 1.807) is 48.5 Å². The lowest BCUT2D eigenvalue weighted by atomic mass is 10.2. The molecule has 0 saturated heterocycles. The first kappa shape index (κ1) is 17.8. The van der Waals surface area contributed by atoms with Crippen molar-refractivity contribution in [2.45, 2.75) is 6.54 Å². The second-order valence-electron chi connectivity index (χ2n) is 5.52. The molecule has 2 aromatic carbocycles. The Bertz CT molecular complexity index is 1060. The summed E-state index contributed by atoms with van der Waals surface area (Å²) in [6.07, 6.45) is 0. The van der Waals surface area contributed by atoms with Crippen molar-refractivity contribution in [2.24, 2.45) is 0 Å². The number of ether oxygens (including phenoxy) is 1. The van der Waals surface area contributed by atoms with E-state index in [9.17, 15) is 14.4 Å². The Morgan fingerprint density at radius 1 is 1.15 bits per heavy atom. The fourth-order valence-corrected chi connectivity index (χ4v) is 2.64. The van der Waals surface area contributed by atoms with Gasteiger partial charge in [0.1, 0.15) is 18.9 Å². The number of hydrogen-bond acceptors (Lipinski definition) is 4. The third-order valence-electron chi connectivity index (χ3n) is 3.68. The Hall–Kier alpha value is -3.06. The molecular formula is C18H16ClN3O4. The summed E-state index contributed by atoms with van der Waals surface area (Å²) in [6, 6.07) is 13.5. The van der Waals surface area contributed by atoms with E-state index in [0.717, 1.165) is 4.57 Å². The Labute approximate surface area is 153 Å². The van der Waals surface area contributed by atoms with Crippen LogP contribution in [0.1, 0.15) is 0 Å². The molecule has 134 valence electrons. The van der Waals surface area contributed by atoms with Gasteiger partial charge in [-0.1, -0.05) is 29.8 Å². The van der Waals surface area contributed by atoms with Gasteiger partial charge in [0.15, 0.2) is 0 Å². The van der Waals surface area contributed by atoms with Crippen LogP contribution in [0.25, 0.3) is 10.9 Å². The van der Waals surface area contributed by atoms with Crippen molar-refractivity contribution >= 4 is 28.4 Å². The molecule has 1 aromatic heterocycles. The van der Waals surface area contributed by atoms with Gasteiger partial charge in [-0.25, -0.2) is 4.79 Å². The molecule has 0 aliphatic heterocycles. The van der Waals surface area contributed by atoms with E-state index in [0.29, 0.717) is 21.7 Å². The molecule has 0 bridgehead atoms. The molecule has 2 N–H and O–H groups in total. The molecule has 0 fully saturated rings. The quantitative estimate of drug-likeness (QED) is 0.641. The molecule has 0 unspecified atom stereocenters. The van der Waals surface area contributed by atoms with Crippen LogP contribution >= 0.6 is 11.6 Å². The predicted octanol–water partition coefficient (Wildman–Crippen LogP) is 1.54. The van der Waals surface area contributed by atoms with Gasteiger partial charge < -0.3 is 15.0 Å². The Kier molecular flexibility index (Phi) is 5.38. The van der Waals surface area contributed by atoms with Gasteiger partial charge in [0.2, 0.25) is 5.91 Å². The maximum atomic E-state index is 12.4. The Balaban J connectivity index is 1.59. The van der Waals surface area contributed by atoms with E-state index in [1.165, 1.54) is 0 Å². The van der Waals surface area contributed by atoms with Crippen molar-refractivity contribution in [1.82, 2.24) is 14.9 Å². The number of aromatic nitrogens is 2. The van der Waals surface area contributed by atoms with E-state index in [1.807, 2.05) is 0 Å². The van der Waals surface area contributed by atoms with Crippen LogP contribution in [0.4, 0.5) is 0 Å². The van der Waals surface area contributed by atoms with Crippen LogP contribution in [0, 0.1) is 0 Å². The first-order chi connectivity index (χ1) is 12.5. The van der Waals surface area contributed by atoms with Crippen molar-refractivity contribution < 1.29 is 9.53 Å². The zero-order valence-electron chi connectivity index (χ0n) is 13.7. The number of benzene rings is 2. The molecule has 0 aliphatic carbocycles. The minimum absolute atomic E-state index is 0.228. The normalized spacial score (nSPS) is 10.7. The number of nitrogens with zero attached hydrogens (tertiary/aromatic N) is 1. The Morgan fingerprint density at radius 2 is 1.96 bits per heavy atom. The SMILES string of the molecule is O=C(Cn1c(=O)[nH]c2ccccc2c1=O)NCCOc1cccc(Cl)c1. The molecule has 3 rings (SSSR count). The molecule has 8 heteroatoms. The summed E-state index contributed by atoms with van der Waals surface area (Å²) in [5.41, 5.74) is -0.692. The number of nitrogens with one attached hydrogen (secondary N) is 2. The number of carbonyl (C=O) groups is 1. The molecule has 0 radical (unpaired) electrons. The summed E-state index contributed by atoms with van der Waals surface area (Å²) in [5, 5.41) is 3.52. The van der Waals surface area contributed by atoms with Crippen LogP contribution in [-0.4, -0.2) is 28.6 Å². The lowest BCUT2D eigenvalue weighted by Gasteiger charge is -2.09. The smallest absolute Gasteiger partial charge is 0.329 e. The minimum Gasteiger partial charge on any atom is -0.492 e. The number of carbonyl (C=O) groups excluding carboxylic acids is 1. The molecular weight excluding hydrogens is 358 g/mol. The van der Waals surface area contributed by atoms with E-state index in [-0.39, 0.29) is 19.7 Å². The minimum atomic E-state index is -0.626. The number of aromatic amines is 1. The molecule has 0 atom stereocenters. The highest BCUT2D eigenvalue weighted by molar-refractivity contribution is 6.30. The molecule has 3 aromatic rings. The van der Waals surface area contributed by atoms with Gasteiger partial charge in [-0.2, -0.15) is 0 Å². The third-order valence-corrected chi connectivity index (χ3v) is 3.92. The molecule has 26 heavy (non-hydrogen) atoms. The number of fused-ring (bicyclic) bond motifs is 1. The number of para-hydroxylation sites is 1. The zero-order chi connectivity index (χ0) is 18.5. The van der Waals surface area contributed by atoms with Gasteiger partial charge in [-0.15, -0.1) is 0 Å². The van der Waals surface area contributed by atoms with Gasteiger partial charge >= 0.3 is 5.69 Å². The largest absolute Gasteiger partial charge is 0.492 e. The molecule has 1 amide bonds. The molecule has 0 saturated carbocycles. The van der Waals surface area contributed by atoms with Crippen LogP contribution in [0.2, 0.25) is 5.02 Å². The number of hydrogen-bond donors (Lipinski definition) is 2. The summed E-state index contributed by atoms with van der Waals surface area (Å²) in [4.78, 5) is 39.0. The van der Waals surface area contributed by atoms with Crippen molar-refractivity contribution in [1.29, 1.82) is 0 Å². The summed E-state index contributed by atoms with van der Waals surface area (Å²) in [6.45, 7) is 0.0941. The van der Waals surface area contributed by atoms with Gasteiger partial charge in [-0.3, -0.25) is 14.2 Å². The molecule has 0 spiro atoms. The number of halogens is 1. The second kappa shape index (κ2) is 7.88. The standard InChI is InChI=1S/C18H16ClN3O4/c19-12-4-3-5-13(10-12)26-9-8-20-16(23)11-22-17(24)14-6-1-2-7-15(14)21-18(22)25/h1-7,10H,8-9,11H2,(H,20,23)(H,21,25). The van der Waals surface area contributed by atoms with E-state index >= 15 is 0 Å². The van der Waals surface area contributed by atoms with Gasteiger partial charge in [0.25, 0.3) is 5.56 Å². The average molecular weight is 374 g/mol. The maximum absolute atomic E-state index is 12.4. The van der Waals surface area contributed by atoms with E-state index in [4.69, 9.17) is 16.3 Å². The van der Waals surface area contributed by atoms with Crippen LogP contribution in [0.3, 0.4) is 0 Å². The molecule has 7 nitrogen and oxygen atoms in total. The fraction of sp³-hybridized carbons (Fsp3) is 0.167. The number of rotatable bonds is 6. The maximum Gasteiger partial charge on any atom is 0.329 e. The van der Waals surface area contributed by atoms with Crippen molar-refractivity contribution in [3.8, 4) is 5.75 Å². The topological polar surface area (TPSA) is 93.2 Å². The summed E-state index contributed by atoms with van der Waals surface area (Å²) < 4.78 is 6.33. The first-order valence-corrected chi connectivity index (χ1v) is 8.29. The van der Waals surface area contributed by atoms with Crippen LogP contribution in [0.15, 0.2) is 58.1 Å². The van der Waals surface area contributed by atoms with E-state index < -0.39 is 17.2 Å². The fourth-order valence-electron chi connectivity index (χ4n) is 2.46. The lowest BCUT2D eigenvalue weighted by Crippen LogP contribution is -2.41. The first-order valence-electron chi connectivity index (χ1n) is 7.91. The zero-order valence-corrected chi connectivity index (χ0v) is 14.5. The Morgan fingerprint density at radius 3 is 2.77 bits per heavy atom. The summed E-state index contributed by atoms with van der Waals surface area (Å²) in [5.74, 6) is 0.136. The highest BCUT2D eigenvalue weighted by atomic mass is 35.5. The third kappa shape index (κ3) is 4.12. The van der Waals surface area contributed by atoms with Gasteiger partial charge in [-0.05, 0) is 30.3 Å². The average Bonchev–Trinajstić information content (AvgIpc) is 2.62. The molecule has 0 aliphatic rings. The van der Waals surface area contributed by atoms with Crippen molar-refractivity contribution in [3.63, 3.8) is 0 Å². The van der Waals surface area contributed by atoms with Crippen LogP contribution in [-0.2, 0) is 11.3 Å². The van der Waals surface area contributed by atoms with Crippen molar-refractivity contribution in [3.05, 3.63) is 74.4 Å². The number of H-pyrrole nitrogens is 1. The molecule has 1 heterocycles. The van der Waals surface area contributed by atoms with Gasteiger partial charge in [0, 0.05) is 5.02 Å². The summed E-state index contributed by atoms with van der Waals surface area (Å²) >= 11 is 5.85. The van der Waals surface area contributed by atoms with Crippen molar-refractivity contribution in [2.75, 3.05) is 13.2 Å². The summed E-state index contributed by atoms with van der Waals surface area (Å²) in [7, 11) is 0. The monoisotopic (exact) mass is 373 g/mol. The van der Waals surface area contributed by atoms with Crippen LogP contribution in [0.5, 0.6) is 5.75 Å². The van der Waals surface area contributed by atoms with Crippen LogP contribution < -0.4 is 21.3 Å². The number of amides is 1. The second-order valence-corrected chi connectivity index (χ2v) is 5.96.